The second kappa shape index (κ2) is 6.35. The van der Waals surface area contributed by atoms with E-state index in [2.05, 4.69) is 20.6 Å². The molecule has 1 fully saturated rings. The maximum absolute atomic E-state index is 13.8. The Bertz CT molecular complexity index is 823. The van der Waals surface area contributed by atoms with E-state index < -0.39 is 0 Å². The number of nitrogens with zero attached hydrogens (tertiary/aromatic N) is 4. The molecule has 0 aliphatic carbocycles. The summed E-state index contributed by atoms with van der Waals surface area (Å²) < 4.78 is 16.4. The highest BCUT2D eigenvalue weighted by Gasteiger charge is 2.23. The molecular formula is C14H13ClFN5S2. The number of fused-ring (bicyclic) bond motifs is 1. The van der Waals surface area contributed by atoms with Gasteiger partial charge in [-0.05, 0) is 31.5 Å². The van der Waals surface area contributed by atoms with Crippen molar-refractivity contribution in [3.05, 3.63) is 40.4 Å². The van der Waals surface area contributed by atoms with Gasteiger partial charge < -0.3 is 5.32 Å². The largest absolute Gasteiger partial charge is 0.307 e. The maximum Gasteiger partial charge on any atom is 0.235 e. The molecule has 1 aliphatic rings. The van der Waals surface area contributed by atoms with E-state index in [1.807, 2.05) is 0 Å². The van der Waals surface area contributed by atoms with Crippen LogP contribution in [0, 0.1) is 5.82 Å². The molecule has 4 rings (SSSR count). The second-order valence-electron chi connectivity index (χ2n) is 5.26. The van der Waals surface area contributed by atoms with Gasteiger partial charge in [-0.25, -0.2) is 4.39 Å². The smallest absolute Gasteiger partial charge is 0.235 e. The average molecular weight is 370 g/mol. The minimum Gasteiger partial charge on any atom is -0.307 e. The Kier molecular flexibility index (Phi) is 4.23. The van der Waals surface area contributed by atoms with Crippen LogP contribution in [0.15, 0.2) is 22.5 Å². The summed E-state index contributed by atoms with van der Waals surface area (Å²) in [7, 11) is 0. The first-order valence-corrected chi connectivity index (χ1v) is 9.41. The summed E-state index contributed by atoms with van der Waals surface area (Å²) in [6, 6.07) is 4.94. The third-order valence-corrected chi connectivity index (χ3v) is 6.18. The molecule has 0 bridgehead atoms. The summed E-state index contributed by atoms with van der Waals surface area (Å²) in [5, 5.41) is 16.8. The summed E-state index contributed by atoms with van der Waals surface area (Å²) in [5.74, 6) is 1.00. The molecule has 120 valence electrons. The van der Waals surface area contributed by atoms with E-state index in [1.54, 1.807) is 16.6 Å². The molecule has 1 saturated heterocycles. The molecule has 0 radical (unpaired) electrons. The SMILES string of the molecule is Fc1cccc(Cl)c1CSc1nn2c([C@H]3CCCN3)nnc2s1. The highest BCUT2D eigenvalue weighted by molar-refractivity contribution is 8.00. The van der Waals surface area contributed by atoms with Crippen LogP contribution in [0.4, 0.5) is 4.39 Å². The molecule has 0 unspecified atom stereocenters. The Labute approximate surface area is 145 Å². The maximum atomic E-state index is 13.8. The van der Waals surface area contributed by atoms with Crippen LogP contribution in [0.2, 0.25) is 5.02 Å². The highest BCUT2D eigenvalue weighted by Crippen LogP contribution is 2.32. The van der Waals surface area contributed by atoms with Crippen molar-refractivity contribution in [2.75, 3.05) is 6.54 Å². The minimum absolute atomic E-state index is 0.214. The number of aromatic nitrogens is 4. The number of rotatable bonds is 4. The van der Waals surface area contributed by atoms with Gasteiger partial charge in [-0.2, -0.15) is 4.52 Å². The van der Waals surface area contributed by atoms with Gasteiger partial charge in [-0.15, -0.1) is 15.3 Å². The van der Waals surface area contributed by atoms with Crippen molar-refractivity contribution in [2.45, 2.75) is 29.0 Å². The van der Waals surface area contributed by atoms with Crippen molar-refractivity contribution in [1.29, 1.82) is 0 Å². The van der Waals surface area contributed by atoms with E-state index in [0.717, 1.165) is 34.5 Å². The van der Waals surface area contributed by atoms with Gasteiger partial charge in [-0.1, -0.05) is 40.8 Å². The zero-order chi connectivity index (χ0) is 15.8. The van der Waals surface area contributed by atoms with Crippen molar-refractivity contribution in [2.24, 2.45) is 0 Å². The number of hydrogen-bond acceptors (Lipinski definition) is 6. The van der Waals surface area contributed by atoms with Gasteiger partial charge in [0, 0.05) is 16.3 Å². The first kappa shape index (κ1) is 15.3. The molecule has 23 heavy (non-hydrogen) atoms. The van der Waals surface area contributed by atoms with Gasteiger partial charge in [-0.3, -0.25) is 0 Å². The third-order valence-electron chi connectivity index (χ3n) is 3.77. The lowest BCUT2D eigenvalue weighted by molar-refractivity contribution is 0.582. The van der Waals surface area contributed by atoms with Crippen molar-refractivity contribution in [1.82, 2.24) is 25.1 Å². The lowest BCUT2D eigenvalue weighted by atomic mass is 10.2. The number of hydrogen-bond donors (Lipinski definition) is 1. The van der Waals surface area contributed by atoms with Crippen LogP contribution in [0.25, 0.3) is 4.96 Å². The Morgan fingerprint density at radius 3 is 3.13 bits per heavy atom. The van der Waals surface area contributed by atoms with Crippen molar-refractivity contribution >= 4 is 39.7 Å². The van der Waals surface area contributed by atoms with E-state index in [-0.39, 0.29) is 11.9 Å². The zero-order valence-electron chi connectivity index (χ0n) is 12.0. The molecule has 3 aromatic rings. The van der Waals surface area contributed by atoms with Gasteiger partial charge in [0.05, 0.1) is 6.04 Å². The molecule has 1 atom stereocenters. The molecule has 0 saturated carbocycles. The van der Waals surface area contributed by atoms with Crippen molar-refractivity contribution < 1.29 is 4.39 Å². The number of thioether (sulfide) groups is 1. The molecule has 2 aromatic heterocycles. The van der Waals surface area contributed by atoms with Crippen LogP contribution in [-0.2, 0) is 5.75 Å². The summed E-state index contributed by atoms with van der Waals surface area (Å²) in [6.07, 6.45) is 2.18. The molecular weight excluding hydrogens is 357 g/mol. The van der Waals surface area contributed by atoms with Crippen LogP contribution >= 0.6 is 34.7 Å². The minimum atomic E-state index is -0.288. The first-order chi connectivity index (χ1) is 11.2. The number of nitrogens with one attached hydrogen (secondary N) is 1. The predicted octanol–water partition coefficient (Wildman–Crippen LogP) is 3.70. The highest BCUT2D eigenvalue weighted by atomic mass is 35.5. The molecule has 0 amide bonds. The molecule has 9 heteroatoms. The Morgan fingerprint density at radius 1 is 1.43 bits per heavy atom. The standard InChI is InChI=1S/C14H13ClFN5S2/c15-9-3-1-4-10(16)8(9)7-22-14-20-21-12(11-5-2-6-17-11)18-19-13(21)23-14/h1,3-4,11,17H,2,5-7H2/t11-/m1/s1. The predicted molar refractivity (Wildman–Crippen MR) is 89.6 cm³/mol. The Morgan fingerprint density at radius 2 is 2.35 bits per heavy atom. The zero-order valence-corrected chi connectivity index (χ0v) is 14.4. The number of halogens is 2. The third kappa shape index (κ3) is 2.96. The Hall–Kier alpha value is -1.22. The van der Waals surface area contributed by atoms with Crippen LogP contribution in [0.5, 0.6) is 0 Å². The van der Waals surface area contributed by atoms with Gasteiger partial charge in [0.15, 0.2) is 10.2 Å². The van der Waals surface area contributed by atoms with Gasteiger partial charge in [0.25, 0.3) is 0 Å². The van der Waals surface area contributed by atoms with Crippen molar-refractivity contribution in [3.8, 4) is 0 Å². The van der Waals surface area contributed by atoms with E-state index in [0.29, 0.717) is 16.3 Å². The normalized spacial score (nSPS) is 18.1. The Balaban J connectivity index is 1.56. The molecule has 5 nitrogen and oxygen atoms in total. The van der Waals surface area contributed by atoms with E-state index in [1.165, 1.54) is 29.2 Å². The van der Waals surface area contributed by atoms with E-state index >= 15 is 0 Å². The quantitative estimate of drug-likeness (QED) is 0.711. The van der Waals surface area contributed by atoms with Gasteiger partial charge >= 0.3 is 0 Å². The second-order valence-corrected chi connectivity index (χ2v) is 7.84. The molecule has 1 aliphatic heterocycles. The topological polar surface area (TPSA) is 55.1 Å². The fourth-order valence-electron chi connectivity index (χ4n) is 2.60. The van der Waals surface area contributed by atoms with Crippen LogP contribution in [0.3, 0.4) is 0 Å². The lowest BCUT2D eigenvalue weighted by Gasteiger charge is -2.05. The van der Waals surface area contributed by atoms with Crippen LogP contribution in [0.1, 0.15) is 30.3 Å². The molecule has 1 aromatic carbocycles. The monoisotopic (exact) mass is 369 g/mol. The van der Waals surface area contributed by atoms with Crippen LogP contribution < -0.4 is 5.32 Å². The summed E-state index contributed by atoms with van der Waals surface area (Å²) in [6.45, 7) is 0.997. The molecule has 0 spiro atoms. The van der Waals surface area contributed by atoms with E-state index in [4.69, 9.17) is 11.6 Å². The summed E-state index contributed by atoms with van der Waals surface area (Å²) in [5.41, 5.74) is 0.503. The van der Waals surface area contributed by atoms with Crippen LogP contribution in [-0.4, -0.2) is 26.4 Å². The average Bonchev–Trinajstić information content (AvgIpc) is 3.22. The molecule has 3 heterocycles. The first-order valence-electron chi connectivity index (χ1n) is 7.23. The molecule has 1 N–H and O–H groups in total. The fraction of sp³-hybridized carbons (Fsp3) is 0.357. The van der Waals surface area contributed by atoms with Gasteiger partial charge in [0.1, 0.15) is 5.82 Å². The van der Waals surface area contributed by atoms with E-state index in [9.17, 15) is 4.39 Å². The number of benzene rings is 1. The lowest BCUT2D eigenvalue weighted by Crippen LogP contribution is -2.16. The summed E-state index contributed by atoms with van der Waals surface area (Å²) in [4.78, 5) is 0.760. The van der Waals surface area contributed by atoms with Gasteiger partial charge in [0.2, 0.25) is 4.96 Å². The fourth-order valence-corrected chi connectivity index (χ4v) is 4.83. The summed E-state index contributed by atoms with van der Waals surface area (Å²) >= 11 is 8.97. The van der Waals surface area contributed by atoms with Crippen molar-refractivity contribution in [3.63, 3.8) is 0 Å².